The zero-order valence-electron chi connectivity index (χ0n) is 10.7. The molecule has 8 heteroatoms. The highest BCUT2D eigenvalue weighted by Gasteiger charge is 2.32. The van der Waals surface area contributed by atoms with Crippen molar-refractivity contribution in [3.8, 4) is 0 Å². The first kappa shape index (κ1) is 16.7. The Kier molecular flexibility index (Phi) is 5.38. The average molecular weight is 312 g/mol. The molecule has 1 aromatic rings. The predicted octanol–water partition coefficient (Wildman–Crippen LogP) is 2.80. The first-order valence-corrected chi connectivity index (χ1v) is 5.89. The minimum atomic E-state index is -4.58. The van der Waals surface area contributed by atoms with Crippen molar-refractivity contribution in [2.45, 2.75) is 18.7 Å². The van der Waals surface area contributed by atoms with Crippen molar-refractivity contribution in [3.63, 3.8) is 0 Å². The van der Waals surface area contributed by atoms with Crippen LogP contribution in [0, 0.1) is 0 Å². The zero-order valence-corrected chi connectivity index (χ0v) is 11.5. The summed E-state index contributed by atoms with van der Waals surface area (Å²) in [6, 6.07) is 2.69. The number of amides is 1. The molecule has 0 aliphatic heterocycles. The summed E-state index contributed by atoms with van der Waals surface area (Å²) < 4.78 is 37.9. The second-order valence-electron chi connectivity index (χ2n) is 4.06. The summed E-state index contributed by atoms with van der Waals surface area (Å²) in [7, 11) is 2.58. The maximum Gasteiger partial charge on any atom is 0.416 e. The van der Waals surface area contributed by atoms with Gasteiger partial charge in [0.05, 0.1) is 25.2 Å². The van der Waals surface area contributed by atoms with Gasteiger partial charge in [0, 0.05) is 12.1 Å². The van der Waals surface area contributed by atoms with Gasteiger partial charge in [0.2, 0.25) is 5.91 Å². The molecule has 0 aromatic heterocycles. The summed E-state index contributed by atoms with van der Waals surface area (Å²) in [5, 5.41) is 10.5. The van der Waals surface area contributed by atoms with Gasteiger partial charge in [-0.25, -0.2) is 5.06 Å². The molecule has 1 N–H and O–H groups in total. The number of nitrogens with zero attached hydrogens (tertiary/aromatic N) is 1. The van der Waals surface area contributed by atoms with Gasteiger partial charge in [0.1, 0.15) is 0 Å². The van der Waals surface area contributed by atoms with Gasteiger partial charge in [0.25, 0.3) is 0 Å². The third-order valence-electron chi connectivity index (χ3n) is 2.63. The van der Waals surface area contributed by atoms with Gasteiger partial charge in [0.15, 0.2) is 0 Å². The van der Waals surface area contributed by atoms with Crippen molar-refractivity contribution >= 4 is 17.5 Å². The first-order chi connectivity index (χ1) is 9.15. The van der Waals surface area contributed by atoms with Crippen LogP contribution in [0.1, 0.15) is 23.7 Å². The summed E-state index contributed by atoms with van der Waals surface area (Å²) in [4.78, 5) is 16.1. The van der Waals surface area contributed by atoms with E-state index in [1.54, 1.807) is 0 Å². The van der Waals surface area contributed by atoms with Crippen LogP contribution in [0.25, 0.3) is 0 Å². The highest BCUT2D eigenvalue weighted by molar-refractivity contribution is 6.30. The van der Waals surface area contributed by atoms with Crippen molar-refractivity contribution < 1.29 is 27.9 Å². The molecule has 4 nitrogen and oxygen atoms in total. The lowest BCUT2D eigenvalue weighted by molar-refractivity contribution is -0.170. The second-order valence-corrected chi connectivity index (χ2v) is 4.50. The number of rotatable bonds is 4. The molecule has 1 aromatic carbocycles. The molecule has 0 aliphatic carbocycles. The monoisotopic (exact) mass is 311 g/mol. The number of hydroxylamine groups is 2. The fourth-order valence-corrected chi connectivity index (χ4v) is 1.73. The highest BCUT2D eigenvalue weighted by atomic mass is 35.5. The fraction of sp³-hybridized carbons (Fsp3) is 0.417. The minimum Gasteiger partial charge on any atom is -0.388 e. The summed E-state index contributed by atoms with van der Waals surface area (Å²) in [5.74, 6) is -0.575. The van der Waals surface area contributed by atoms with E-state index < -0.39 is 30.2 Å². The number of alkyl halides is 3. The molecular weight excluding hydrogens is 299 g/mol. The number of carbonyl (C=O) groups is 1. The molecule has 0 saturated heterocycles. The van der Waals surface area contributed by atoms with E-state index in [9.17, 15) is 23.1 Å². The Morgan fingerprint density at radius 1 is 1.45 bits per heavy atom. The minimum absolute atomic E-state index is 0.0809. The molecule has 0 saturated carbocycles. The maximum absolute atomic E-state index is 12.6. The fourth-order valence-electron chi connectivity index (χ4n) is 1.48. The molecule has 0 fully saturated rings. The van der Waals surface area contributed by atoms with E-state index in [1.807, 2.05) is 0 Å². The largest absolute Gasteiger partial charge is 0.416 e. The number of aliphatic hydroxyl groups excluding tert-OH is 1. The van der Waals surface area contributed by atoms with Crippen molar-refractivity contribution in [3.05, 3.63) is 34.3 Å². The van der Waals surface area contributed by atoms with Gasteiger partial charge in [-0.15, -0.1) is 0 Å². The van der Waals surface area contributed by atoms with Crippen LogP contribution in [-0.4, -0.2) is 30.2 Å². The van der Waals surface area contributed by atoms with Crippen molar-refractivity contribution in [2.75, 3.05) is 14.2 Å². The third kappa shape index (κ3) is 4.36. The van der Waals surface area contributed by atoms with Crippen LogP contribution in [0.4, 0.5) is 13.2 Å². The summed E-state index contributed by atoms with van der Waals surface area (Å²) in [6.07, 6.45) is -6.39. The van der Waals surface area contributed by atoms with Gasteiger partial charge in [-0.3, -0.25) is 9.63 Å². The van der Waals surface area contributed by atoms with Crippen LogP contribution in [0.15, 0.2) is 18.2 Å². The molecule has 0 aliphatic rings. The maximum atomic E-state index is 12.6. The van der Waals surface area contributed by atoms with Gasteiger partial charge in [-0.05, 0) is 23.8 Å². The van der Waals surface area contributed by atoms with E-state index in [2.05, 4.69) is 4.84 Å². The molecule has 0 heterocycles. The number of halogens is 4. The van der Waals surface area contributed by atoms with E-state index in [4.69, 9.17) is 11.6 Å². The Hall–Kier alpha value is -1.31. The van der Waals surface area contributed by atoms with Crippen LogP contribution in [0.5, 0.6) is 0 Å². The highest BCUT2D eigenvalue weighted by Crippen LogP contribution is 2.33. The molecule has 1 atom stereocenters. The van der Waals surface area contributed by atoms with Crippen molar-refractivity contribution in [1.29, 1.82) is 0 Å². The number of aliphatic hydroxyl groups is 1. The number of carbonyl (C=O) groups excluding carboxylic acids is 1. The SMILES string of the molecule is CON(C)C(=O)CC(O)c1cc(Cl)cc(C(F)(F)F)c1. The molecule has 1 amide bonds. The number of benzene rings is 1. The number of hydrogen-bond donors (Lipinski definition) is 1. The Labute approximate surface area is 118 Å². The summed E-state index contributed by atoms with van der Waals surface area (Å²) in [6.45, 7) is 0. The Morgan fingerprint density at radius 3 is 2.55 bits per heavy atom. The molecule has 1 rings (SSSR count). The lowest BCUT2D eigenvalue weighted by atomic mass is 10.0. The van der Waals surface area contributed by atoms with Crippen LogP contribution >= 0.6 is 11.6 Å². The van der Waals surface area contributed by atoms with E-state index >= 15 is 0 Å². The van der Waals surface area contributed by atoms with Crippen molar-refractivity contribution in [2.24, 2.45) is 0 Å². The zero-order chi connectivity index (χ0) is 15.5. The first-order valence-electron chi connectivity index (χ1n) is 5.51. The van der Waals surface area contributed by atoms with Crippen LogP contribution in [0.3, 0.4) is 0 Å². The lowest BCUT2D eigenvalue weighted by Gasteiger charge is -2.17. The van der Waals surface area contributed by atoms with E-state index in [0.29, 0.717) is 0 Å². The quantitative estimate of drug-likeness (QED) is 0.870. The third-order valence-corrected chi connectivity index (χ3v) is 2.84. The second kappa shape index (κ2) is 6.43. The average Bonchev–Trinajstić information content (AvgIpc) is 2.35. The van der Waals surface area contributed by atoms with E-state index in [1.165, 1.54) is 20.2 Å². The van der Waals surface area contributed by atoms with Gasteiger partial charge in [-0.1, -0.05) is 11.6 Å². The van der Waals surface area contributed by atoms with Crippen molar-refractivity contribution in [1.82, 2.24) is 5.06 Å². The topological polar surface area (TPSA) is 49.8 Å². The van der Waals surface area contributed by atoms with Gasteiger partial charge >= 0.3 is 6.18 Å². The molecular formula is C12H13ClF3NO3. The van der Waals surface area contributed by atoms with Gasteiger partial charge in [-0.2, -0.15) is 13.2 Å². The summed E-state index contributed by atoms with van der Waals surface area (Å²) in [5.41, 5.74) is -1.06. The van der Waals surface area contributed by atoms with E-state index in [-0.39, 0.29) is 10.6 Å². The Morgan fingerprint density at radius 2 is 2.05 bits per heavy atom. The summed E-state index contributed by atoms with van der Waals surface area (Å²) >= 11 is 5.60. The molecule has 0 spiro atoms. The standard InChI is InChI=1S/C12H13ClF3NO3/c1-17(20-2)11(19)6-10(18)7-3-8(12(14,15)16)5-9(13)4-7/h3-5,10,18H,6H2,1-2H3. The molecule has 0 radical (unpaired) electrons. The number of hydrogen-bond acceptors (Lipinski definition) is 3. The Bertz CT molecular complexity index is 493. The van der Waals surface area contributed by atoms with Crippen LogP contribution in [0.2, 0.25) is 5.02 Å². The molecule has 0 bridgehead atoms. The van der Waals surface area contributed by atoms with Crippen LogP contribution < -0.4 is 0 Å². The van der Waals surface area contributed by atoms with Gasteiger partial charge < -0.3 is 5.11 Å². The predicted molar refractivity (Wildman–Crippen MR) is 65.8 cm³/mol. The lowest BCUT2D eigenvalue weighted by Crippen LogP contribution is -2.26. The van der Waals surface area contributed by atoms with E-state index in [0.717, 1.165) is 17.2 Å². The molecule has 1 unspecified atom stereocenters. The van der Waals surface area contributed by atoms with Crippen LogP contribution in [-0.2, 0) is 15.8 Å². The smallest absolute Gasteiger partial charge is 0.388 e. The molecule has 112 valence electrons. The normalized spacial score (nSPS) is 13.2. The Balaban J connectivity index is 2.96. The molecule has 20 heavy (non-hydrogen) atoms.